The SMILES string of the molecule is CC/C=C\c1c(C=S)c(-c2cccc3ccccc23)c2c(c1-c1cccc3oc4c5c(ccc4c13)-c1ccccc1C5)=CCCC=2. The van der Waals surface area contributed by atoms with Crippen molar-refractivity contribution in [1.29, 1.82) is 0 Å². The van der Waals surface area contributed by atoms with Gasteiger partial charge in [-0.2, -0.15) is 0 Å². The molecule has 2 aliphatic rings. The molecule has 1 nitrogen and oxygen atoms in total. The average Bonchev–Trinajstić information content (AvgIpc) is 3.68. The highest BCUT2D eigenvalue weighted by Crippen LogP contribution is 2.45. The van der Waals surface area contributed by atoms with Gasteiger partial charge in [-0.25, -0.2) is 0 Å². The summed E-state index contributed by atoms with van der Waals surface area (Å²) in [6.45, 7) is 2.19. The second-order valence-corrected chi connectivity index (χ2v) is 12.7. The van der Waals surface area contributed by atoms with Crippen LogP contribution in [0.5, 0.6) is 0 Å². The number of furan rings is 1. The first-order valence-electron chi connectivity index (χ1n) is 16.3. The van der Waals surface area contributed by atoms with E-state index in [1.165, 1.54) is 82.1 Å². The Kier molecular flexibility index (Phi) is 6.40. The maximum absolute atomic E-state index is 6.79. The van der Waals surface area contributed by atoms with Crippen LogP contribution in [0.2, 0.25) is 0 Å². The molecule has 9 rings (SSSR count). The van der Waals surface area contributed by atoms with Gasteiger partial charge < -0.3 is 4.42 Å². The molecule has 0 spiro atoms. The molecule has 0 unspecified atom stereocenters. The van der Waals surface area contributed by atoms with Crippen molar-refractivity contribution in [2.24, 2.45) is 0 Å². The summed E-state index contributed by atoms with van der Waals surface area (Å²) in [5.41, 5.74) is 14.4. The molecule has 2 aliphatic carbocycles. The van der Waals surface area contributed by atoms with E-state index < -0.39 is 0 Å². The number of rotatable bonds is 5. The summed E-state index contributed by atoms with van der Waals surface area (Å²) in [5.74, 6) is 0. The van der Waals surface area contributed by atoms with E-state index in [1.807, 2.05) is 5.37 Å². The zero-order valence-electron chi connectivity index (χ0n) is 25.8. The number of allylic oxidation sites excluding steroid dienone is 1. The van der Waals surface area contributed by atoms with E-state index in [0.29, 0.717) is 0 Å². The first-order valence-corrected chi connectivity index (χ1v) is 16.8. The summed E-state index contributed by atoms with van der Waals surface area (Å²) < 4.78 is 6.79. The fourth-order valence-corrected chi connectivity index (χ4v) is 8.22. The summed E-state index contributed by atoms with van der Waals surface area (Å²) in [6, 6.07) is 35.2. The molecule has 0 fully saturated rings. The first kappa shape index (κ1) is 27.3. The van der Waals surface area contributed by atoms with Crippen molar-refractivity contribution in [1.82, 2.24) is 0 Å². The molecule has 0 saturated carbocycles. The first-order chi connectivity index (χ1) is 22.8. The fraction of sp³-hybridized carbons (Fsp3) is 0.114. The van der Waals surface area contributed by atoms with Crippen molar-refractivity contribution in [3.63, 3.8) is 0 Å². The molecule has 0 radical (unpaired) electrons. The Bertz CT molecular complexity index is 2560. The summed E-state index contributed by atoms with van der Waals surface area (Å²) in [6.07, 6.45) is 13.3. The van der Waals surface area contributed by atoms with Gasteiger partial charge in [-0.1, -0.05) is 128 Å². The zero-order valence-corrected chi connectivity index (χ0v) is 26.6. The second kappa shape index (κ2) is 10.8. The third-order valence-electron chi connectivity index (χ3n) is 9.93. The predicted octanol–water partition coefficient (Wildman–Crippen LogP) is 10.8. The van der Waals surface area contributed by atoms with Crippen LogP contribution in [-0.2, 0) is 6.42 Å². The van der Waals surface area contributed by atoms with Crippen LogP contribution in [0.25, 0.3) is 84.3 Å². The Hall–Kier alpha value is -5.05. The second-order valence-electron chi connectivity index (χ2n) is 12.4. The molecule has 0 atom stereocenters. The van der Waals surface area contributed by atoms with Gasteiger partial charge in [-0.15, -0.1) is 0 Å². The van der Waals surface area contributed by atoms with Crippen LogP contribution >= 0.6 is 12.2 Å². The van der Waals surface area contributed by atoms with Gasteiger partial charge in [0.15, 0.2) is 0 Å². The number of fused-ring (bicyclic) bond motifs is 9. The maximum atomic E-state index is 6.79. The van der Waals surface area contributed by atoms with E-state index in [4.69, 9.17) is 16.6 Å². The molecule has 220 valence electrons. The van der Waals surface area contributed by atoms with E-state index in [-0.39, 0.29) is 0 Å². The summed E-state index contributed by atoms with van der Waals surface area (Å²) >= 11 is 5.92. The van der Waals surface area contributed by atoms with Crippen molar-refractivity contribution in [3.05, 3.63) is 136 Å². The Morgan fingerprint density at radius 2 is 1.39 bits per heavy atom. The van der Waals surface area contributed by atoms with Crippen molar-refractivity contribution < 1.29 is 4.42 Å². The smallest absolute Gasteiger partial charge is 0.139 e. The highest BCUT2D eigenvalue weighted by atomic mass is 32.1. The molecule has 0 bridgehead atoms. The molecule has 1 aromatic heterocycles. The minimum atomic E-state index is 0.898. The number of hydrogen-bond acceptors (Lipinski definition) is 2. The Labute approximate surface area is 273 Å². The highest BCUT2D eigenvalue weighted by Gasteiger charge is 2.26. The Morgan fingerprint density at radius 3 is 2.24 bits per heavy atom. The quantitative estimate of drug-likeness (QED) is 0.180. The van der Waals surface area contributed by atoms with E-state index >= 15 is 0 Å². The number of thiocarbonyl (C=S) groups is 1. The normalized spacial score (nSPS) is 13.5. The predicted molar refractivity (Wildman–Crippen MR) is 200 cm³/mol. The van der Waals surface area contributed by atoms with Gasteiger partial charge in [0.1, 0.15) is 11.2 Å². The monoisotopic (exact) mass is 608 g/mol. The molecular formula is C44H32OS. The summed E-state index contributed by atoms with van der Waals surface area (Å²) in [5, 5.41) is 9.33. The largest absolute Gasteiger partial charge is 0.456 e. The molecule has 2 heteroatoms. The molecule has 0 amide bonds. The van der Waals surface area contributed by atoms with Gasteiger partial charge in [0, 0.05) is 33.7 Å². The molecule has 7 aromatic rings. The highest BCUT2D eigenvalue weighted by molar-refractivity contribution is 7.79. The summed E-state index contributed by atoms with van der Waals surface area (Å²) in [4.78, 5) is 0. The van der Waals surface area contributed by atoms with Crippen LogP contribution in [0.3, 0.4) is 0 Å². The van der Waals surface area contributed by atoms with Gasteiger partial charge in [-0.3, -0.25) is 0 Å². The van der Waals surface area contributed by atoms with Crippen LogP contribution in [0.15, 0.2) is 108 Å². The molecule has 6 aromatic carbocycles. The molecule has 0 saturated heterocycles. The van der Waals surface area contributed by atoms with Crippen LogP contribution < -0.4 is 10.4 Å². The standard InChI is InChI=1S/C44H32OS/c1-2-3-15-35-39(26-46)42(32-20-10-14-27-12-4-6-16-29(27)32)34-19-9-8-18-33(34)41(35)36-21-11-22-40-43(36)37-24-23-31-30-17-7-5-13-28(30)25-38(31)44(37)45-40/h3-7,10-24,26H,2,8-9,25H2,1H3/b15-3-. The van der Waals surface area contributed by atoms with E-state index in [1.54, 1.807) is 0 Å². The maximum Gasteiger partial charge on any atom is 0.139 e. The third kappa shape index (κ3) is 3.96. The van der Waals surface area contributed by atoms with E-state index in [9.17, 15) is 0 Å². The lowest BCUT2D eigenvalue weighted by Gasteiger charge is -2.21. The molecule has 46 heavy (non-hydrogen) atoms. The van der Waals surface area contributed by atoms with Crippen molar-refractivity contribution in [2.75, 3.05) is 0 Å². The van der Waals surface area contributed by atoms with Gasteiger partial charge in [-0.05, 0) is 97.1 Å². The molecule has 1 heterocycles. The Balaban J connectivity index is 1.40. The lowest BCUT2D eigenvalue weighted by Crippen LogP contribution is -2.33. The fourth-order valence-electron chi connectivity index (χ4n) is 7.97. The van der Waals surface area contributed by atoms with Crippen LogP contribution in [-0.4, -0.2) is 5.37 Å². The van der Waals surface area contributed by atoms with Gasteiger partial charge in [0.2, 0.25) is 0 Å². The number of benzene rings is 6. The lowest BCUT2D eigenvalue weighted by molar-refractivity contribution is 0.665. The topological polar surface area (TPSA) is 13.1 Å². The van der Waals surface area contributed by atoms with Crippen LogP contribution in [0.1, 0.15) is 48.4 Å². The van der Waals surface area contributed by atoms with Gasteiger partial charge in [0.25, 0.3) is 0 Å². The zero-order chi connectivity index (χ0) is 30.8. The number of hydrogen-bond donors (Lipinski definition) is 0. The molecular weight excluding hydrogens is 577 g/mol. The third-order valence-corrected chi connectivity index (χ3v) is 10.2. The molecule has 0 aliphatic heterocycles. The van der Waals surface area contributed by atoms with Crippen LogP contribution in [0.4, 0.5) is 0 Å². The van der Waals surface area contributed by atoms with Crippen molar-refractivity contribution >= 4 is 68.5 Å². The minimum Gasteiger partial charge on any atom is -0.456 e. The van der Waals surface area contributed by atoms with Gasteiger partial charge in [0.05, 0.1) is 0 Å². The Morgan fingerprint density at radius 1 is 0.674 bits per heavy atom. The molecule has 0 N–H and O–H groups in total. The van der Waals surface area contributed by atoms with Gasteiger partial charge >= 0.3 is 0 Å². The van der Waals surface area contributed by atoms with Crippen molar-refractivity contribution in [3.8, 4) is 33.4 Å². The lowest BCUT2D eigenvalue weighted by atomic mass is 9.82. The van der Waals surface area contributed by atoms with Crippen LogP contribution in [0, 0.1) is 0 Å². The van der Waals surface area contributed by atoms with E-state index in [2.05, 4.69) is 128 Å². The van der Waals surface area contributed by atoms with E-state index in [0.717, 1.165) is 42.4 Å². The minimum absolute atomic E-state index is 0.898. The summed E-state index contributed by atoms with van der Waals surface area (Å²) in [7, 11) is 0. The van der Waals surface area contributed by atoms with Crippen molar-refractivity contribution in [2.45, 2.75) is 32.6 Å². The average molecular weight is 609 g/mol.